The number of nitrogens with two attached hydrogens (primary N) is 2. The molecule has 2 rings (SSSR count). The van der Waals surface area contributed by atoms with Gasteiger partial charge in [-0.2, -0.15) is 13.4 Å². The van der Waals surface area contributed by atoms with E-state index in [1.165, 1.54) is 11.0 Å². The van der Waals surface area contributed by atoms with Crippen LogP contribution in [0.25, 0.3) is 10.8 Å². The fourth-order valence-electron chi connectivity index (χ4n) is 1.64. The molecule has 0 atom stereocenters. The predicted molar refractivity (Wildman–Crippen MR) is 91.0 cm³/mol. The van der Waals surface area contributed by atoms with Crippen LogP contribution in [-0.4, -0.2) is 43.9 Å². The summed E-state index contributed by atoms with van der Waals surface area (Å²) in [4.78, 5) is 4.91. The molecule has 0 heterocycles. The summed E-state index contributed by atoms with van der Waals surface area (Å²) >= 11 is 0. The number of nitrogens with one attached hydrogen (secondary N) is 1. The summed E-state index contributed by atoms with van der Waals surface area (Å²) < 4.78 is 31.0. The van der Waals surface area contributed by atoms with Gasteiger partial charge in [0.15, 0.2) is 5.96 Å². The number of aliphatic imine (C=N–C) groups is 1. The third-order valence-corrected chi connectivity index (χ3v) is 3.60. The van der Waals surface area contributed by atoms with E-state index in [9.17, 15) is 8.42 Å². The van der Waals surface area contributed by atoms with Gasteiger partial charge in [0.2, 0.25) is 5.96 Å². The minimum atomic E-state index is -4.13. The van der Waals surface area contributed by atoms with Crippen LogP contribution < -0.4 is 11.5 Å². The highest BCUT2D eigenvalue weighted by molar-refractivity contribution is 7.86. The van der Waals surface area contributed by atoms with Crippen molar-refractivity contribution in [2.75, 3.05) is 14.1 Å². The summed E-state index contributed by atoms with van der Waals surface area (Å²) in [6.45, 7) is 0. The van der Waals surface area contributed by atoms with Crippen LogP contribution in [0.1, 0.15) is 0 Å². The van der Waals surface area contributed by atoms with Gasteiger partial charge >= 0.3 is 0 Å². The summed E-state index contributed by atoms with van der Waals surface area (Å²) in [7, 11) is -0.751. The zero-order valence-electron chi connectivity index (χ0n) is 12.8. The van der Waals surface area contributed by atoms with E-state index in [2.05, 4.69) is 4.99 Å². The minimum absolute atomic E-state index is 0.0457. The maximum Gasteiger partial charge on any atom is 0.295 e. The molecule has 0 radical (unpaired) electrons. The van der Waals surface area contributed by atoms with Crippen molar-refractivity contribution < 1.29 is 13.0 Å². The van der Waals surface area contributed by atoms with E-state index < -0.39 is 10.1 Å². The highest BCUT2D eigenvalue weighted by atomic mass is 32.2. The Morgan fingerprint density at radius 3 is 2.17 bits per heavy atom. The van der Waals surface area contributed by atoms with Crippen molar-refractivity contribution in [2.24, 2.45) is 16.5 Å². The summed E-state index contributed by atoms with van der Waals surface area (Å²) in [6.07, 6.45) is 0. The van der Waals surface area contributed by atoms with Crippen molar-refractivity contribution in [3.05, 3.63) is 42.5 Å². The lowest BCUT2D eigenvalue weighted by Gasteiger charge is -2.07. The van der Waals surface area contributed by atoms with Gasteiger partial charge in [0.25, 0.3) is 10.1 Å². The van der Waals surface area contributed by atoms with Gasteiger partial charge in [-0.3, -0.25) is 9.96 Å². The second-order valence-electron chi connectivity index (χ2n) is 4.71. The lowest BCUT2D eigenvalue weighted by atomic mass is 10.1. The minimum Gasteiger partial charge on any atom is -0.370 e. The van der Waals surface area contributed by atoms with Crippen LogP contribution in [0, 0.1) is 5.41 Å². The first-order valence-electron chi connectivity index (χ1n) is 6.43. The normalized spacial score (nSPS) is 10.4. The van der Waals surface area contributed by atoms with Gasteiger partial charge in [-0.05, 0) is 11.5 Å². The average molecular weight is 337 g/mol. The van der Waals surface area contributed by atoms with Crippen LogP contribution in [0.2, 0.25) is 0 Å². The predicted octanol–water partition coefficient (Wildman–Crippen LogP) is 0.843. The molecule has 0 unspecified atom stereocenters. The zero-order valence-corrected chi connectivity index (χ0v) is 13.6. The molecule has 0 fully saturated rings. The Morgan fingerprint density at radius 1 is 1.13 bits per heavy atom. The maximum absolute atomic E-state index is 11.0. The molecule has 23 heavy (non-hydrogen) atoms. The molecule has 9 heteroatoms. The molecule has 6 N–H and O–H groups in total. The molecule has 0 aromatic heterocycles. The molecular weight excluding hydrogens is 318 g/mol. The summed E-state index contributed by atoms with van der Waals surface area (Å²) in [5, 5.41) is 8.39. The molecule has 2 aromatic rings. The Hall–Kier alpha value is -2.65. The lowest BCUT2D eigenvalue weighted by Crippen LogP contribution is -2.28. The van der Waals surface area contributed by atoms with Gasteiger partial charge < -0.3 is 16.4 Å². The van der Waals surface area contributed by atoms with Crippen molar-refractivity contribution >= 4 is 32.8 Å². The summed E-state index contributed by atoms with van der Waals surface area (Å²) in [5.74, 6) is -0.0382. The Balaban J connectivity index is 0.000000257. The van der Waals surface area contributed by atoms with Gasteiger partial charge in [0, 0.05) is 19.5 Å². The monoisotopic (exact) mass is 337 g/mol. The molecule has 0 aliphatic rings. The Bertz CT molecular complexity index is 822. The number of fused-ring (bicyclic) bond motifs is 1. The van der Waals surface area contributed by atoms with Crippen LogP contribution in [0.5, 0.6) is 0 Å². The molecule has 0 aliphatic heterocycles. The van der Waals surface area contributed by atoms with Gasteiger partial charge in [0.1, 0.15) is 4.90 Å². The van der Waals surface area contributed by atoms with E-state index in [1.807, 2.05) is 6.07 Å². The smallest absolute Gasteiger partial charge is 0.295 e. The van der Waals surface area contributed by atoms with Crippen LogP contribution in [-0.2, 0) is 10.1 Å². The molecule has 0 amide bonds. The van der Waals surface area contributed by atoms with Crippen molar-refractivity contribution in [1.29, 1.82) is 5.41 Å². The van der Waals surface area contributed by atoms with Crippen LogP contribution >= 0.6 is 0 Å². The van der Waals surface area contributed by atoms with E-state index >= 15 is 0 Å². The van der Waals surface area contributed by atoms with Gasteiger partial charge in [-0.1, -0.05) is 36.4 Å². The summed E-state index contributed by atoms with van der Waals surface area (Å²) in [6, 6.07) is 11.8. The molecule has 2 aromatic carbocycles. The van der Waals surface area contributed by atoms with Crippen LogP contribution in [0.3, 0.4) is 0 Å². The Morgan fingerprint density at radius 2 is 1.70 bits per heavy atom. The van der Waals surface area contributed by atoms with Gasteiger partial charge in [-0.25, -0.2) is 0 Å². The number of nitrogens with zero attached hydrogens (tertiary/aromatic N) is 2. The first-order valence-corrected chi connectivity index (χ1v) is 7.87. The second-order valence-corrected chi connectivity index (χ2v) is 6.10. The molecular formula is C14H19N5O3S. The quantitative estimate of drug-likeness (QED) is 0.344. The number of hydrogen-bond acceptors (Lipinski definition) is 3. The van der Waals surface area contributed by atoms with E-state index in [1.54, 1.807) is 44.4 Å². The fraction of sp³-hybridized carbons (Fsp3) is 0.143. The molecule has 0 saturated heterocycles. The fourth-order valence-corrected chi connectivity index (χ4v) is 2.36. The van der Waals surface area contributed by atoms with E-state index in [-0.39, 0.29) is 16.8 Å². The Kier molecular flexibility index (Phi) is 6.05. The highest BCUT2D eigenvalue weighted by Crippen LogP contribution is 2.21. The topological polar surface area (TPSA) is 146 Å². The lowest BCUT2D eigenvalue weighted by molar-refractivity contribution is 0.484. The van der Waals surface area contributed by atoms with E-state index in [0.29, 0.717) is 5.39 Å². The molecule has 0 aliphatic carbocycles. The largest absolute Gasteiger partial charge is 0.370 e. The number of benzene rings is 2. The Labute approximate surface area is 134 Å². The van der Waals surface area contributed by atoms with Crippen molar-refractivity contribution in [2.45, 2.75) is 4.90 Å². The van der Waals surface area contributed by atoms with Crippen molar-refractivity contribution in [1.82, 2.24) is 4.90 Å². The molecule has 8 nitrogen and oxygen atoms in total. The molecule has 124 valence electrons. The third kappa shape index (κ3) is 5.57. The maximum atomic E-state index is 11.0. The van der Waals surface area contributed by atoms with E-state index in [4.69, 9.17) is 21.4 Å². The number of hydrogen-bond donors (Lipinski definition) is 4. The highest BCUT2D eigenvalue weighted by Gasteiger charge is 2.12. The number of guanidine groups is 2. The molecule has 0 spiro atoms. The van der Waals surface area contributed by atoms with Crippen LogP contribution in [0.4, 0.5) is 0 Å². The second kappa shape index (κ2) is 7.56. The van der Waals surface area contributed by atoms with E-state index in [0.717, 1.165) is 5.39 Å². The molecule has 0 bridgehead atoms. The van der Waals surface area contributed by atoms with Crippen LogP contribution in [0.15, 0.2) is 52.4 Å². The first-order chi connectivity index (χ1) is 10.6. The average Bonchev–Trinajstić information content (AvgIpc) is 2.45. The van der Waals surface area contributed by atoms with Crippen molar-refractivity contribution in [3.8, 4) is 0 Å². The van der Waals surface area contributed by atoms with Crippen molar-refractivity contribution in [3.63, 3.8) is 0 Å². The standard InChI is InChI=1S/C10H8O3S.C4H11N5/c11-14(12,13)10-7-3-5-8-4-1-2-6-9(8)10;1-9(2)4(7)8-3(5)6/h1-7H,(H,11,12,13);1-2H3,(H5,5,6,7,8). The zero-order chi connectivity index (χ0) is 17.6. The SMILES string of the molecule is CN(C)C(=N)N=C(N)N.O=S(=O)(O)c1cccc2ccccc12. The third-order valence-electron chi connectivity index (χ3n) is 2.69. The molecule has 0 saturated carbocycles. The first kappa shape index (κ1) is 18.4. The van der Waals surface area contributed by atoms with Gasteiger partial charge in [0.05, 0.1) is 0 Å². The van der Waals surface area contributed by atoms with Gasteiger partial charge in [-0.15, -0.1) is 0 Å². The number of rotatable bonds is 1. The summed E-state index contributed by atoms with van der Waals surface area (Å²) in [5.41, 5.74) is 9.98.